The Hall–Kier alpha value is -3.54. The van der Waals surface area contributed by atoms with Crippen LogP contribution in [-0.4, -0.2) is 48.9 Å². The van der Waals surface area contributed by atoms with Gasteiger partial charge in [-0.25, -0.2) is 13.8 Å². The van der Waals surface area contributed by atoms with E-state index in [1.54, 1.807) is 49.4 Å². The van der Waals surface area contributed by atoms with E-state index in [-0.39, 0.29) is 30.6 Å². The number of carbonyl (C=O) groups excluding carboxylic acids is 1. The van der Waals surface area contributed by atoms with Gasteiger partial charge >= 0.3 is 0 Å². The average molecular weight is 547 g/mol. The molecule has 0 spiro atoms. The predicted octanol–water partition coefficient (Wildman–Crippen LogP) is 7.14. The highest BCUT2D eigenvalue weighted by atomic mass is 32.2. The molecule has 0 unspecified atom stereocenters. The summed E-state index contributed by atoms with van der Waals surface area (Å²) in [7, 11) is 3.29. The molecular weight excluding hydrogens is 514 g/mol. The van der Waals surface area contributed by atoms with Crippen LogP contribution in [0.3, 0.4) is 0 Å². The molecule has 1 saturated heterocycles. The average Bonchev–Trinajstić information content (AvgIpc) is 3.07. The number of hydrogen-bond donors (Lipinski definition) is 1. The monoisotopic (exact) mass is 546 g/mol. The summed E-state index contributed by atoms with van der Waals surface area (Å²) in [6.07, 6.45) is 3.75. The Morgan fingerprint density at radius 1 is 1.24 bits per heavy atom. The fourth-order valence-electron chi connectivity index (χ4n) is 3.97. The molecule has 2 aromatic rings. The largest absolute Gasteiger partial charge is 0.371 e. The van der Waals surface area contributed by atoms with Gasteiger partial charge in [-0.1, -0.05) is 36.4 Å². The number of carbonyl (C=O) groups is 1. The van der Waals surface area contributed by atoms with Crippen molar-refractivity contribution < 1.29 is 18.5 Å². The molecule has 1 aliphatic rings. The van der Waals surface area contributed by atoms with Crippen LogP contribution >= 0.6 is 11.8 Å². The first kappa shape index (κ1) is 29.0. The van der Waals surface area contributed by atoms with Crippen molar-refractivity contribution in [3.63, 3.8) is 0 Å². The van der Waals surface area contributed by atoms with Gasteiger partial charge < -0.3 is 10.2 Å². The first-order valence-electron chi connectivity index (χ1n) is 12.4. The first-order chi connectivity index (χ1) is 18.1. The molecule has 0 bridgehead atoms. The van der Waals surface area contributed by atoms with E-state index < -0.39 is 16.8 Å². The molecule has 0 aromatic heterocycles. The zero-order chi connectivity index (χ0) is 27.7. The zero-order valence-electron chi connectivity index (χ0n) is 21.7. The van der Waals surface area contributed by atoms with Gasteiger partial charge in [0.15, 0.2) is 0 Å². The fourth-order valence-corrected chi connectivity index (χ4v) is 4.97. The van der Waals surface area contributed by atoms with Crippen LogP contribution in [-0.2, 0) is 0 Å². The summed E-state index contributed by atoms with van der Waals surface area (Å²) < 4.78 is 27.4. The minimum atomic E-state index is -2.64. The number of nitrogens with one attached hydrogen (secondary N) is 1. The van der Waals surface area contributed by atoms with Crippen LogP contribution in [0.4, 0.5) is 25.8 Å². The normalized spacial score (nSPS) is 15.8. The van der Waals surface area contributed by atoms with E-state index in [0.29, 0.717) is 23.5 Å². The van der Waals surface area contributed by atoms with Crippen LogP contribution < -0.4 is 10.2 Å². The zero-order valence-corrected chi connectivity index (χ0v) is 22.5. The van der Waals surface area contributed by atoms with E-state index >= 15 is 0 Å². The highest BCUT2D eigenvalue weighted by Gasteiger charge is 2.31. The lowest BCUT2D eigenvalue weighted by molar-refractivity contribution is -0.384. The Morgan fingerprint density at radius 2 is 1.97 bits per heavy atom. The van der Waals surface area contributed by atoms with Gasteiger partial charge in [-0.15, -0.1) is 0 Å². The number of non-ortho nitro benzene ring substituents is 1. The number of nitro groups is 1. The second kappa shape index (κ2) is 13.3. The molecule has 204 valence electrons. The van der Waals surface area contributed by atoms with Gasteiger partial charge in [0.25, 0.3) is 11.6 Å². The van der Waals surface area contributed by atoms with E-state index in [1.165, 1.54) is 23.9 Å². The van der Waals surface area contributed by atoms with E-state index in [4.69, 9.17) is 0 Å². The van der Waals surface area contributed by atoms with Crippen molar-refractivity contribution in [1.29, 1.82) is 0 Å². The van der Waals surface area contributed by atoms with Crippen LogP contribution in [0.1, 0.15) is 49.4 Å². The number of allylic oxidation sites excluding steroid dienone is 1. The maximum atomic E-state index is 13.7. The number of rotatable bonds is 10. The Bertz CT molecular complexity index is 1190. The van der Waals surface area contributed by atoms with E-state index in [2.05, 4.69) is 15.7 Å². The van der Waals surface area contributed by atoms with Crippen molar-refractivity contribution in [2.45, 2.75) is 49.8 Å². The molecule has 0 saturated carbocycles. The molecule has 0 radical (unpaired) electrons. The molecule has 38 heavy (non-hydrogen) atoms. The second-order valence-electron chi connectivity index (χ2n) is 8.88. The predicted molar refractivity (Wildman–Crippen MR) is 146 cm³/mol. The van der Waals surface area contributed by atoms with Crippen molar-refractivity contribution in [2.24, 2.45) is 10.3 Å². The Morgan fingerprint density at radius 3 is 2.63 bits per heavy atom. The summed E-state index contributed by atoms with van der Waals surface area (Å²) in [5, 5.41) is 24.4. The topological polar surface area (TPSA) is 103 Å². The van der Waals surface area contributed by atoms with Crippen LogP contribution in [0.5, 0.6) is 0 Å². The van der Waals surface area contributed by atoms with Gasteiger partial charge in [0.05, 0.1) is 22.6 Å². The Kier molecular flexibility index (Phi) is 10.2. The number of hydrogen-bond acceptors (Lipinski definition) is 7. The molecule has 0 aliphatic carbocycles. The maximum absolute atomic E-state index is 13.7. The van der Waals surface area contributed by atoms with E-state index in [0.717, 1.165) is 23.6 Å². The lowest BCUT2D eigenvalue weighted by Gasteiger charge is -2.23. The van der Waals surface area contributed by atoms with Crippen LogP contribution in [0.25, 0.3) is 0 Å². The van der Waals surface area contributed by atoms with Gasteiger partial charge in [0, 0.05) is 61.4 Å². The van der Waals surface area contributed by atoms with Gasteiger partial charge in [-0.2, -0.15) is 5.11 Å². The number of nitro benzene ring substituents is 1. The number of anilines is 2. The quantitative estimate of drug-likeness (QED) is 0.147. The molecule has 1 fully saturated rings. The van der Waals surface area contributed by atoms with Crippen molar-refractivity contribution in [3.8, 4) is 0 Å². The van der Waals surface area contributed by atoms with Crippen LogP contribution in [0.15, 0.2) is 68.8 Å². The molecule has 0 atom stereocenters. The molecular formula is C26H32F2N6O3S. The van der Waals surface area contributed by atoms with Gasteiger partial charge in [0.1, 0.15) is 0 Å². The smallest absolute Gasteiger partial charge is 0.270 e. The highest BCUT2D eigenvalue weighted by Crippen LogP contribution is 2.35. The highest BCUT2D eigenvalue weighted by molar-refractivity contribution is 8.03. The Labute approximate surface area is 225 Å². The molecule has 9 nitrogen and oxygen atoms in total. The molecule has 1 aliphatic heterocycles. The first-order valence-corrected chi connectivity index (χ1v) is 13.2. The van der Waals surface area contributed by atoms with Crippen molar-refractivity contribution in [3.05, 3.63) is 69.2 Å². The minimum absolute atomic E-state index is 0.117. The molecule has 1 N–H and O–H groups in total. The van der Waals surface area contributed by atoms with Gasteiger partial charge in [-0.05, 0) is 43.2 Å². The molecule has 12 heteroatoms. The standard InChI is InChI=1S/C26H32F2N6O3S/c1-4-5-7-24(32(3)31-29-2)38-23-13-12-21(34(36)37)18-22(23)25(35)30-19-8-10-20(11-9-19)33-16-6-14-26(27,28)15-17-33/h7-13,18H,4-6,14-17H2,1-3H3,(H,30,35)/b24-7-,31-29?. The van der Waals surface area contributed by atoms with Crippen molar-refractivity contribution in [1.82, 2.24) is 5.01 Å². The maximum Gasteiger partial charge on any atom is 0.270 e. The number of thioether (sulfide) groups is 1. The summed E-state index contributed by atoms with van der Waals surface area (Å²) >= 11 is 1.27. The molecule has 3 rings (SSSR count). The number of benzene rings is 2. The summed E-state index contributed by atoms with van der Waals surface area (Å²) in [6.45, 7) is 2.83. The third-order valence-corrected chi connectivity index (χ3v) is 7.21. The molecule has 1 heterocycles. The summed E-state index contributed by atoms with van der Waals surface area (Å²) in [5.41, 5.74) is 1.23. The van der Waals surface area contributed by atoms with Crippen LogP contribution in [0.2, 0.25) is 0 Å². The number of alkyl halides is 2. The summed E-state index contributed by atoms with van der Waals surface area (Å²) in [4.78, 5) is 26.6. The number of amides is 1. The summed E-state index contributed by atoms with van der Waals surface area (Å²) in [6, 6.07) is 11.1. The van der Waals surface area contributed by atoms with E-state index in [1.807, 2.05) is 17.9 Å². The third kappa shape index (κ3) is 7.98. The van der Waals surface area contributed by atoms with Crippen molar-refractivity contribution in [2.75, 3.05) is 37.4 Å². The molecule has 1 amide bonds. The lowest BCUT2D eigenvalue weighted by atomic mass is 10.1. The van der Waals surface area contributed by atoms with Crippen molar-refractivity contribution >= 4 is 34.7 Å². The minimum Gasteiger partial charge on any atom is -0.371 e. The lowest BCUT2D eigenvalue weighted by Crippen LogP contribution is -2.25. The number of halogens is 2. The van der Waals surface area contributed by atoms with Gasteiger partial charge in [-0.3, -0.25) is 14.9 Å². The van der Waals surface area contributed by atoms with Crippen LogP contribution in [0, 0.1) is 10.1 Å². The fraction of sp³-hybridized carbons (Fsp3) is 0.423. The number of unbranched alkanes of at least 4 members (excludes halogenated alkanes) is 1. The number of nitrogens with zero attached hydrogens (tertiary/aromatic N) is 5. The SMILES string of the molecule is CCC/C=C(\Sc1ccc([N+](=O)[O-])cc1C(=O)Nc1ccc(N2CCCC(F)(F)CC2)cc1)N(C)N=NC. The summed E-state index contributed by atoms with van der Waals surface area (Å²) in [5.74, 6) is -3.15. The Balaban J connectivity index is 1.82. The molecule has 2 aromatic carbocycles. The van der Waals surface area contributed by atoms with Gasteiger partial charge in [0.2, 0.25) is 5.92 Å². The third-order valence-electron chi connectivity index (χ3n) is 5.99. The second-order valence-corrected chi connectivity index (χ2v) is 9.94. The van der Waals surface area contributed by atoms with E-state index in [9.17, 15) is 23.7 Å².